The van der Waals surface area contributed by atoms with Crippen molar-refractivity contribution < 1.29 is 14.7 Å². The van der Waals surface area contributed by atoms with Gasteiger partial charge in [0.1, 0.15) is 5.75 Å². The van der Waals surface area contributed by atoms with E-state index in [9.17, 15) is 4.79 Å². The van der Waals surface area contributed by atoms with Gasteiger partial charge in [0.2, 0.25) is 0 Å². The molecule has 2 amide bonds. The zero-order valence-corrected chi connectivity index (χ0v) is 9.30. The van der Waals surface area contributed by atoms with Crippen molar-refractivity contribution in [2.24, 2.45) is 10.9 Å². The van der Waals surface area contributed by atoms with E-state index in [1.807, 2.05) is 0 Å². The van der Waals surface area contributed by atoms with Crippen LogP contribution in [0.15, 0.2) is 29.4 Å². The number of methoxy groups -OCH3 is 1. The van der Waals surface area contributed by atoms with Gasteiger partial charge >= 0.3 is 6.03 Å². The van der Waals surface area contributed by atoms with Gasteiger partial charge in [-0.05, 0) is 24.3 Å². The molecule has 0 aliphatic heterocycles. The van der Waals surface area contributed by atoms with Crippen LogP contribution in [0, 0.1) is 0 Å². The summed E-state index contributed by atoms with van der Waals surface area (Å²) in [6.07, 6.45) is 0. The number of rotatable bonds is 4. The molecule has 0 spiro atoms. The van der Waals surface area contributed by atoms with Gasteiger partial charge in [0.05, 0.1) is 13.7 Å². The Kier molecular flexibility index (Phi) is 4.61. The monoisotopic (exact) mass is 238 g/mol. The van der Waals surface area contributed by atoms with Gasteiger partial charge in [-0.15, -0.1) is 0 Å². The van der Waals surface area contributed by atoms with Crippen molar-refractivity contribution in [2.75, 3.05) is 19.0 Å². The van der Waals surface area contributed by atoms with Gasteiger partial charge in [0.15, 0.2) is 5.84 Å². The summed E-state index contributed by atoms with van der Waals surface area (Å²) in [7, 11) is 1.56. The van der Waals surface area contributed by atoms with Crippen molar-refractivity contribution in [3.8, 4) is 5.75 Å². The molecule has 0 atom stereocenters. The van der Waals surface area contributed by atoms with Crippen LogP contribution in [0.1, 0.15) is 0 Å². The molecule has 7 heteroatoms. The van der Waals surface area contributed by atoms with Gasteiger partial charge in [0.25, 0.3) is 0 Å². The van der Waals surface area contributed by atoms with E-state index in [4.69, 9.17) is 15.7 Å². The Bertz CT molecular complexity index is 403. The van der Waals surface area contributed by atoms with Crippen LogP contribution >= 0.6 is 0 Å². The minimum atomic E-state index is -0.443. The predicted octanol–water partition coefficient (Wildman–Crippen LogP) is 0.563. The fraction of sp³-hybridized carbons (Fsp3) is 0.200. The number of nitrogens with zero attached hydrogens (tertiary/aromatic N) is 1. The first kappa shape index (κ1) is 12.6. The Balaban J connectivity index is 2.45. The number of carbonyl (C=O) groups excluding carboxylic acids is 1. The number of ether oxygens (including phenoxy) is 1. The summed E-state index contributed by atoms with van der Waals surface area (Å²) in [6.45, 7) is -0.0293. The van der Waals surface area contributed by atoms with E-state index in [-0.39, 0.29) is 12.4 Å². The van der Waals surface area contributed by atoms with Crippen LogP contribution in [-0.4, -0.2) is 30.7 Å². The molecule has 0 radical (unpaired) electrons. The Hall–Kier alpha value is -2.44. The molecule has 0 aliphatic rings. The molecule has 1 rings (SSSR count). The number of amides is 2. The standard InChI is InChI=1S/C10H14N4O3/c1-17-8-4-2-7(3-5-8)13-10(15)12-6-9(11)14-16/h2-5,16H,6H2,1H3,(H2,11,14)(H2,12,13,15). The van der Waals surface area contributed by atoms with E-state index in [1.165, 1.54) is 0 Å². The van der Waals surface area contributed by atoms with Crippen molar-refractivity contribution in [1.29, 1.82) is 0 Å². The van der Waals surface area contributed by atoms with Crippen LogP contribution in [0.5, 0.6) is 5.75 Å². The second kappa shape index (κ2) is 6.21. The molecule has 0 aromatic heterocycles. The lowest BCUT2D eigenvalue weighted by molar-refractivity contribution is 0.253. The molecule has 0 saturated heterocycles. The smallest absolute Gasteiger partial charge is 0.319 e. The summed E-state index contributed by atoms with van der Waals surface area (Å²) < 4.78 is 4.98. The van der Waals surface area contributed by atoms with Gasteiger partial charge in [-0.3, -0.25) is 0 Å². The zero-order valence-electron chi connectivity index (χ0n) is 9.30. The quantitative estimate of drug-likeness (QED) is 0.266. The molecule has 5 N–H and O–H groups in total. The molecule has 0 unspecified atom stereocenters. The molecule has 0 saturated carbocycles. The number of carbonyl (C=O) groups is 1. The van der Waals surface area contributed by atoms with Crippen molar-refractivity contribution >= 4 is 17.6 Å². The zero-order chi connectivity index (χ0) is 12.7. The minimum absolute atomic E-state index is 0.0293. The van der Waals surface area contributed by atoms with E-state index in [0.29, 0.717) is 11.4 Å². The number of oxime groups is 1. The second-order valence-corrected chi connectivity index (χ2v) is 3.13. The first-order valence-corrected chi connectivity index (χ1v) is 4.81. The maximum Gasteiger partial charge on any atom is 0.319 e. The first-order valence-electron chi connectivity index (χ1n) is 4.81. The lowest BCUT2D eigenvalue weighted by Gasteiger charge is -2.07. The second-order valence-electron chi connectivity index (χ2n) is 3.13. The average Bonchev–Trinajstić information content (AvgIpc) is 2.36. The fourth-order valence-corrected chi connectivity index (χ4v) is 1.06. The summed E-state index contributed by atoms with van der Waals surface area (Å²) in [4.78, 5) is 11.3. The Morgan fingerprint density at radius 2 is 2.12 bits per heavy atom. The lowest BCUT2D eigenvalue weighted by atomic mass is 10.3. The van der Waals surface area contributed by atoms with E-state index < -0.39 is 6.03 Å². The van der Waals surface area contributed by atoms with Crippen LogP contribution in [-0.2, 0) is 0 Å². The number of hydrogen-bond donors (Lipinski definition) is 4. The van der Waals surface area contributed by atoms with Gasteiger partial charge in [-0.25, -0.2) is 4.79 Å². The van der Waals surface area contributed by atoms with Crippen LogP contribution in [0.3, 0.4) is 0 Å². The number of nitrogens with one attached hydrogen (secondary N) is 2. The topological polar surface area (TPSA) is 109 Å². The molecule has 17 heavy (non-hydrogen) atoms. The van der Waals surface area contributed by atoms with Gasteiger partial charge in [-0.1, -0.05) is 5.16 Å². The molecular weight excluding hydrogens is 224 g/mol. The van der Waals surface area contributed by atoms with Crippen molar-refractivity contribution in [3.63, 3.8) is 0 Å². The van der Waals surface area contributed by atoms with E-state index >= 15 is 0 Å². The largest absolute Gasteiger partial charge is 0.497 e. The maximum atomic E-state index is 11.3. The van der Waals surface area contributed by atoms with Crippen LogP contribution in [0.4, 0.5) is 10.5 Å². The van der Waals surface area contributed by atoms with Crippen molar-refractivity contribution in [1.82, 2.24) is 5.32 Å². The molecular formula is C10H14N4O3. The highest BCUT2D eigenvalue weighted by atomic mass is 16.5. The van der Waals surface area contributed by atoms with Crippen molar-refractivity contribution in [3.05, 3.63) is 24.3 Å². The Morgan fingerprint density at radius 1 is 1.47 bits per heavy atom. The van der Waals surface area contributed by atoms with E-state index in [0.717, 1.165) is 0 Å². The first-order chi connectivity index (χ1) is 8.15. The summed E-state index contributed by atoms with van der Waals surface area (Å²) in [5.74, 6) is 0.627. The highest BCUT2D eigenvalue weighted by Gasteiger charge is 2.02. The third kappa shape index (κ3) is 4.29. The van der Waals surface area contributed by atoms with Gasteiger partial charge in [-0.2, -0.15) is 0 Å². The van der Waals surface area contributed by atoms with E-state index in [2.05, 4.69) is 15.8 Å². The summed E-state index contributed by atoms with van der Waals surface area (Å²) in [5.41, 5.74) is 5.81. The fourth-order valence-electron chi connectivity index (χ4n) is 1.06. The molecule has 1 aromatic carbocycles. The van der Waals surface area contributed by atoms with E-state index in [1.54, 1.807) is 31.4 Å². The number of hydrogen-bond acceptors (Lipinski definition) is 4. The van der Waals surface area contributed by atoms with Crippen LogP contribution < -0.4 is 21.1 Å². The third-order valence-electron chi connectivity index (χ3n) is 1.91. The number of amidine groups is 1. The highest BCUT2D eigenvalue weighted by molar-refractivity contribution is 5.93. The van der Waals surface area contributed by atoms with Gasteiger partial charge in [0, 0.05) is 5.69 Å². The molecule has 0 bridgehead atoms. The molecule has 7 nitrogen and oxygen atoms in total. The summed E-state index contributed by atoms with van der Waals surface area (Å²) in [5, 5.41) is 16.0. The lowest BCUT2D eigenvalue weighted by Crippen LogP contribution is -2.36. The Morgan fingerprint density at radius 3 is 2.65 bits per heavy atom. The SMILES string of the molecule is COc1ccc(NC(=O)NC/C(N)=N/O)cc1. The summed E-state index contributed by atoms with van der Waals surface area (Å²) in [6, 6.07) is 6.39. The van der Waals surface area contributed by atoms with Crippen LogP contribution in [0.25, 0.3) is 0 Å². The number of urea groups is 1. The maximum absolute atomic E-state index is 11.3. The number of nitrogens with two attached hydrogens (primary N) is 1. The minimum Gasteiger partial charge on any atom is -0.497 e. The molecule has 92 valence electrons. The van der Waals surface area contributed by atoms with Crippen LogP contribution in [0.2, 0.25) is 0 Å². The summed E-state index contributed by atoms with van der Waals surface area (Å²) >= 11 is 0. The number of anilines is 1. The normalized spacial score (nSPS) is 10.8. The molecule has 0 heterocycles. The van der Waals surface area contributed by atoms with Gasteiger partial charge < -0.3 is 26.3 Å². The molecule has 1 aromatic rings. The molecule has 0 fully saturated rings. The molecule has 0 aliphatic carbocycles. The highest BCUT2D eigenvalue weighted by Crippen LogP contribution is 2.14. The Labute approximate surface area is 98.2 Å². The number of benzene rings is 1. The third-order valence-corrected chi connectivity index (χ3v) is 1.91. The average molecular weight is 238 g/mol. The predicted molar refractivity (Wildman–Crippen MR) is 63.4 cm³/mol. The van der Waals surface area contributed by atoms with Crippen molar-refractivity contribution in [2.45, 2.75) is 0 Å².